The van der Waals surface area contributed by atoms with Crippen molar-refractivity contribution in [1.82, 2.24) is 5.32 Å². The number of dihydropyridines is 1. The SMILES string of the molecule is COC(=O)C1=C(C#N)NC(C)=C(C(=O)OC(C)C)C1c1cccc(C)c1. The molecule has 0 bridgehead atoms. The minimum atomic E-state index is -0.746. The molecule has 0 amide bonds. The predicted molar refractivity (Wildman–Crippen MR) is 95.6 cm³/mol. The molecule has 0 spiro atoms. The lowest BCUT2D eigenvalue weighted by Crippen LogP contribution is -2.33. The van der Waals surface area contributed by atoms with Gasteiger partial charge in [-0.15, -0.1) is 0 Å². The number of hydrogen-bond donors (Lipinski definition) is 1. The molecule has 1 N–H and O–H groups in total. The van der Waals surface area contributed by atoms with E-state index in [1.807, 2.05) is 37.3 Å². The van der Waals surface area contributed by atoms with Gasteiger partial charge in [0.1, 0.15) is 11.8 Å². The molecule has 0 saturated carbocycles. The molecule has 0 radical (unpaired) electrons. The van der Waals surface area contributed by atoms with E-state index in [9.17, 15) is 14.9 Å². The zero-order valence-corrected chi connectivity index (χ0v) is 15.5. The van der Waals surface area contributed by atoms with Gasteiger partial charge in [-0.3, -0.25) is 0 Å². The second-order valence-corrected chi connectivity index (χ2v) is 6.36. The Kier molecular flexibility index (Phi) is 5.83. The fourth-order valence-electron chi connectivity index (χ4n) is 2.98. The molecule has 2 rings (SSSR count). The Labute approximate surface area is 153 Å². The largest absolute Gasteiger partial charge is 0.466 e. The molecule has 0 aromatic heterocycles. The molecule has 1 aromatic rings. The maximum atomic E-state index is 12.8. The number of carbonyl (C=O) groups is 2. The first kappa shape index (κ1) is 19.3. The second kappa shape index (κ2) is 7.87. The van der Waals surface area contributed by atoms with Crippen molar-refractivity contribution in [3.8, 4) is 6.07 Å². The van der Waals surface area contributed by atoms with Crippen molar-refractivity contribution in [3.63, 3.8) is 0 Å². The van der Waals surface area contributed by atoms with Gasteiger partial charge in [-0.25, -0.2) is 9.59 Å². The third-order valence-electron chi connectivity index (χ3n) is 4.02. The summed E-state index contributed by atoms with van der Waals surface area (Å²) in [6.07, 6.45) is -0.316. The van der Waals surface area contributed by atoms with Gasteiger partial charge in [-0.2, -0.15) is 5.26 Å². The molecule has 26 heavy (non-hydrogen) atoms. The van der Waals surface area contributed by atoms with E-state index in [-0.39, 0.29) is 17.4 Å². The standard InChI is InChI=1S/C20H22N2O4/c1-11(2)26-20(24)16-13(4)22-15(10-21)18(19(23)25-5)17(16)14-8-6-7-12(3)9-14/h6-9,11,17,22H,1-5H3. The Balaban J connectivity index is 2.72. The number of allylic oxidation sites excluding steroid dienone is 2. The van der Waals surface area contributed by atoms with Crippen molar-refractivity contribution < 1.29 is 19.1 Å². The van der Waals surface area contributed by atoms with Crippen molar-refractivity contribution in [2.45, 2.75) is 39.7 Å². The molecule has 0 aliphatic carbocycles. The maximum absolute atomic E-state index is 12.8. The lowest BCUT2D eigenvalue weighted by atomic mass is 9.80. The molecule has 6 nitrogen and oxygen atoms in total. The second-order valence-electron chi connectivity index (χ2n) is 6.36. The molecule has 1 unspecified atom stereocenters. The quantitative estimate of drug-likeness (QED) is 0.837. The fraction of sp³-hybridized carbons (Fsp3) is 0.350. The van der Waals surface area contributed by atoms with Crippen LogP contribution in [0.5, 0.6) is 0 Å². The van der Waals surface area contributed by atoms with Crippen LogP contribution in [-0.4, -0.2) is 25.2 Å². The number of hydrogen-bond acceptors (Lipinski definition) is 6. The van der Waals surface area contributed by atoms with E-state index in [1.165, 1.54) is 7.11 Å². The summed E-state index contributed by atoms with van der Waals surface area (Å²) in [5.74, 6) is -1.94. The van der Waals surface area contributed by atoms with Crippen molar-refractivity contribution in [3.05, 3.63) is 57.9 Å². The molecule has 1 aliphatic heterocycles. The molecular formula is C20H22N2O4. The van der Waals surface area contributed by atoms with E-state index in [2.05, 4.69) is 5.32 Å². The van der Waals surface area contributed by atoms with Crippen LogP contribution in [0, 0.1) is 18.3 Å². The minimum Gasteiger partial charge on any atom is -0.466 e. The predicted octanol–water partition coefficient (Wildman–Crippen LogP) is 2.86. The number of nitrogens with zero attached hydrogens (tertiary/aromatic N) is 1. The molecule has 6 heteroatoms. The summed E-state index contributed by atoms with van der Waals surface area (Å²) in [5, 5.41) is 12.3. The highest BCUT2D eigenvalue weighted by Crippen LogP contribution is 2.39. The molecule has 136 valence electrons. The Morgan fingerprint density at radius 3 is 2.42 bits per heavy atom. The first-order chi connectivity index (χ1) is 12.3. The average molecular weight is 354 g/mol. The summed E-state index contributed by atoms with van der Waals surface area (Å²) in [7, 11) is 1.24. The molecular weight excluding hydrogens is 332 g/mol. The van der Waals surface area contributed by atoms with Gasteiger partial charge in [-0.1, -0.05) is 29.8 Å². The maximum Gasteiger partial charge on any atom is 0.337 e. The van der Waals surface area contributed by atoms with Crippen LogP contribution >= 0.6 is 0 Å². The lowest BCUT2D eigenvalue weighted by molar-refractivity contribution is -0.143. The van der Waals surface area contributed by atoms with E-state index in [0.29, 0.717) is 11.3 Å². The van der Waals surface area contributed by atoms with E-state index >= 15 is 0 Å². The number of carbonyl (C=O) groups excluding carboxylic acids is 2. The minimum absolute atomic E-state index is 0.0713. The van der Waals surface area contributed by atoms with Crippen molar-refractivity contribution >= 4 is 11.9 Å². The third kappa shape index (κ3) is 3.77. The van der Waals surface area contributed by atoms with Crippen LogP contribution < -0.4 is 5.32 Å². The van der Waals surface area contributed by atoms with Crippen LogP contribution in [0.1, 0.15) is 37.8 Å². The van der Waals surface area contributed by atoms with E-state index in [0.717, 1.165) is 11.1 Å². The van der Waals surface area contributed by atoms with E-state index in [1.54, 1.807) is 20.8 Å². The number of nitriles is 1. The average Bonchev–Trinajstić information content (AvgIpc) is 2.59. The van der Waals surface area contributed by atoms with Crippen LogP contribution in [0.15, 0.2) is 46.8 Å². The summed E-state index contributed by atoms with van der Waals surface area (Å²) in [6, 6.07) is 9.45. The highest BCUT2D eigenvalue weighted by atomic mass is 16.5. The molecule has 0 saturated heterocycles. The van der Waals surface area contributed by atoms with Gasteiger partial charge in [0, 0.05) is 5.70 Å². The summed E-state index contributed by atoms with van der Waals surface area (Å²) in [4.78, 5) is 25.2. The van der Waals surface area contributed by atoms with Crippen molar-refractivity contribution in [2.24, 2.45) is 0 Å². The highest BCUT2D eigenvalue weighted by molar-refractivity contribution is 6.00. The first-order valence-electron chi connectivity index (χ1n) is 8.28. The Morgan fingerprint density at radius 1 is 1.19 bits per heavy atom. The molecule has 1 aromatic carbocycles. The molecule has 1 heterocycles. The number of aryl methyl sites for hydroxylation is 1. The van der Waals surface area contributed by atoms with Gasteiger partial charge >= 0.3 is 11.9 Å². The first-order valence-corrected chi connectivity index (χ1v) is 8.28. The summed E-state index contributed by atoms with van der Waals surface area (Å²) in [5.41, 5.74) is 2.63. The van der Waals surface area contributed by atoms with Gasteiger partial charge in [-0.05, 0) is 33.3 Å². The normalized spacial score (nSPS) is 16.9. The summed E-state index contributed by atoms with van der Waals surface area (Å²) < 4.78 is 10.3. The number of rotatable bonds is 4. The van der Waals surface area contributed by atoms with Gasteiger partial charge in [0.25, 0.3) is 0 Å². The fourth-order valence-corrected chi connectivity index (χ4v) is 2.98. The number of ether oxygens (including phenoxy) is 2. The third-order valence-corrected chi connectivity index (χ3v) is 4.02. The van der Waals surface area contributed by atoms with Crippen molar-refractivity contribution in [2.75, 3.05) is 7.11 Å². The Hall–Kier alpha value is -3.07. The summed E-state index contributed by atoms with van der Waals surface area (Å²) >= 11 is 0. The Bertz CT molecular complexity index is 844. The van der Waals surface area contributed by atoms with Crippen LogP contribution in [0.4, 0.5) is 0 Å². The topological polar surface area (TPSA) is 88.4 Å². The lowest BCUT2D eigenvalue weighted by Gasteiger charge is -2.29. The number of esters is 2. The van der Waals surface area contributed by atoms with Crippen molar-refractivity contribution in [1.29, 1.82) is 5.26 Å². The molecule has 1 atom stereocenters. The molecule has 0 fully saturated rings. The van der Waals surface area contributed by atoms with Gasteiger partial charge < -0.3 is 14.8 Å². The Morgan fingerprint density at radius 2 is 1.88 bits per heavy atom. The number of benzene rings is 1. The monoisotopic (exact) mass is 354 g/mol. The van der Waals surface area contributed by atoms with Crippen LogP contribution in [0.2, 0.25) is 0 Å². The zero-order chi connectivity index (χ0) is 19.4. The zero-order valence-electron chi connectivity index (χ0n) is 15.5. The highest BCUT2D eigenvalue weighted by Gasteiger charge is 2.39. The molecule has 1 aliphatic rings. The van der Waals surface area contributed by atoms with E-state index in [4.69, 9.17) is 9.47 Å². The summed E-state index contributed by atoms with van der Waals surface area (Å²) in [6.45, 7) is 7.11. The van der Waals surface area contributed by atoms with Gasteiger partial charge in [0.15, 0.2) is 0 Å². The van der Waals surface area contributed by atoms with Crippen LogP contribution in [0.3, 0.4) is 0 Å². The smallest absolute Gasteiger partial charge is 0.337 e. The van der Waals surface area contributed by atoms with Crippen LogP contribution in [-0.2, 0) is 19.1 Å². The number of methoxy groups -OCH3 is 1. The van der Waals surface area contributed by atoms with Gasteiger partial charge in [0.05, 0.1) is 30.3 Å². The van der Waals surface area contributed by atoms with Gasteiger partial charge in [0.2, 0.25) is 0 Å². The number of nitrogens with one attached hydrogen (secondary N) is 1. The van der Waals surface area contributed by atoms with Crippen LogP contribution in [0.25, 0.3) is 0 Å². The van der Waals surface area contributed by atoms with E-state index < -0.39 is 17.9 Å².